The Morgan fingerprint density at radius 3 is 2.92 bits per heavy atom. The quantitative estimate of drug-likeness (QED) is 0.399. The first-order valence-electron chi connectivity index (χ1n) is 8.66. The fourth-order valence-electron chi connectivity index (χ4n) is 3.83. The second-order valence-electron chi connectivity index (χ2n) is 6.97. The first-order valence-corrected chi connectivity index (χ1v) is 9.54. The molecule has 0 aromatic carbocycles. The van der Waals surface area contributed by atoms with Crippen molar-refractivity contribution in [2.75, 3.05) is 13.2 Å². The lowest BCUT2D eigenvalue weighted by Gasteiger charge is -2.54. The van der Waals surface area contributed by atoms with Crippen LogP contribution in [0.2, 0.25) is 0 Å². The molecule has 2 N–H and O–H groups in total. The normalized spacial score (nSPS) is 27.8. The number of ether oxygens (including phenoxy) is 1. The maximum Gasteiger partial charge on any atom is 0.191 e. The number of rotatable bonds is 5. The number of guanidine groups is 1. The number of nitrogens with one attached hydrogen (secondary N) is 2. The van der Waals surface area contributed by atoms with Crippen LogP contribution in [-0.4, -0.2) is 36.2 Å². The van der Waals surface area contributed by atoms with E-state index >= 15 is 0 Å². The van der Waals surface area contributed by atoms with Crippen LogP contribution < -0.4 is 10.6 Å². The molecule has 0 spiro atoms. The monoisotopic (exact) mass is 464 g/mol. The fourth-order valence-corrected chi connectivity index (χ4v) is 4.56. The molecule has 136 valence electrons. The van der Waals surface area contributed by atoms with Crippen molar-refractivity contribution in [1.82, 2.24) is 15.6 Å². The molecule has 5 nitrogen and oxygen atoms in total. The molecule has 1 aliphatic heterocycles. The third-order valence-electron chi connectivity index (χ3n) is 5.04. The molecule has 0 bridgehead atoms. The molecule has 1 aliphatic carbocycles. The van der Waals surface area contributed by atoms with Crippen LogP contribution in [0.5, 0.6) is 0 Å². The Morgan fingerprint density at radius 2 is 2.25 bits per heavy atom. The molecule has 3 unspecified atom stereocenters. The number of halogens is 1. The van der Waals surface area contributed by atoms with Gasteiger partial charge >= 0.3 is 0 Å². The highest BCUT2D eigenvalue weighted by Gasteiger charge is 2.59. The molecule has 0 amide bonds. The van der Waals surface area contributed by atoms with E-state index in [4.69, 9.17) is 9.73 Å². The Balaban J connectivity index is 0.00000208. The maximum atomic E-state index is 5.87. The van der Waals surface area contributed by atoms with Gasteiger partial charge in [0, 0.05) is 35.9 Å². The largest absolute Gasteiger partial charge is 0.377 e. The minimum atomic E-state index is 0. The molecule has 0 radical (unpaired) electrons. The van der Waals surface area contributed by atoms with E-state index in [0.29, 0.717) is 24.6 Å². The SMILES string of the molecule is CCNC(=NCc1csc(CC)n1)NC1C2CCOC2C1(C)C.I. The maximum absolute atomic E-state index is 5.87. The molecular formula is C17H29IN4OS. The van der Waals surface area contributed by atoms with Gasteiger partial charge < -0.3 is 15.4 Å². The van der Waals surface area contributed by atoms with Crippen LogP contribution in [0, 0.1) is 11.3 Å². The van der Waals surface area contributed by atoms with E-state index in [9.17, 15) is 0 Å². The standard InChI is InChI=1S/C17H28N4OS.HI/c1-5-13-20-11(10-23-13)9-19-16(18-6-2)21-14-12-7-8-22-15(12)17(14,3)4;/h10,12,14-15H,5-9H2,1-4H3,(H2,18,19,21);1H. The van der Waals surface area contributed by atoms with Gasteiger partial charge in [0.25, 0.3) is 0 Å². The lowest BCUT2D eigenvalue weighted by Crippen LogP contribution is -2.67. The molecule has 3 atom stereocenters. The number of aliphatic imine (C=N–C) groups is 1. The van der Waals surface area contributed by atoms with Crippen molar-refractivity contribution >= 4 is 41.3 Å². The van der Waals surface area contributed by atoms with Gasteiger partial charge in [0.15, 0.2) is 5.96 Å². The minimum absolute atomic E-state index is 0. The molecule has 1 aromatic rings. The first kappa shape index (κ1) is 19.9. The summed E-state index contributed by atoms with van der Waals surface area (Å²) in [5.74, 6) is 1.50. The summed E-state index contributed by atoms with van der Waals surface area (Å²) in [6, 6.07) is 0.425. The second kappa shape index (κ2) is 8.31. The van der Waals surface area contributed by atoms with Crippen LogP contribution in [0.15, 0.2) is 10.4 Å². The number of aromatic nitrogens is 1. The lowest BCUT2D eigenvalue weighted by atomic mass is 9.57. The van der Waals surface area contributed by atoms with Gasteiger partial charge in [0.05, 0.1) is 23.4 Å². The summed E-state index contributed by atoms with van der Waals surface area (Å²) in [5.41, 5.74) is 1.21. The van der Waals surface area contributed by atoms with Gasteiger partial charge in [-0.05, 0) is 19.8 Å². The summed E-state index contributed by atoms with van der Waals surface area (Å²) in [4.78, 5) is 9.32. The van der Waals surface area contributed by atoms with Gasteiger partial charge in [0.1, 0.15) is 0 Å². The van der Waals surface area contributed by atoms with E-state index in [2.05, 4.69) is 48.7 Å². The smallest absolute Gasteiger partial charge is 0.191 e. The van der Waals surface area contributed by atoms with Crippen molar-refractivity contribution in [2.24, 2.45) is 16.3 Å². The summed E-state index contributed by atoms with van der Waals surface area (Å²) in [7, 11) is 0. The van der Waals surface area contributed by atoms with Crippen molar-refractivity contribution < 1.29 is 4.74 Å². The van der Waals surface area contributed by atoms with E-state index in [-0.39, 0.29) is 29.4 Å². The number of aryl methyl sites for hydroxylation is 1. The van der Waals surface area contributed by atoms with E-state index in [1.807, 2.05) is 0 Å². The van der Waals surface area contributed by atoms with Crippen LogP contribution >= 0.6 is 35.3 Å². The van der Waals surface area contributed by atoms with Crippen molar-refractivity contribution in [3.63, 3.8) is 0 Å². The Hall–Kier alpha value is -0.410. The number of hydrogen-bond acceptors (Lipinski definition) is 4. The molecule has 24 heavy (non-hydrogen) atoms. The zero-order valence-corrected chi connectivity index (χ0v) is 18.1. The van der Waals surface area contributed by atoms with Crippen LogP contribution in [0.4, 0.5) is 0 Å². The number of hydrogen-bond donors (Lipinski definition) is 2. The number of fused-ring (bicyclic) bond motifs is 1. The van der Waals surface area contributed by atoms with Gasteiger partial charge in [0.2, 0.25) is 0 Å². The van der Waals surface area contributed by atoms with Crippen molar-refractivity contribution in [1.29, 1.82) is 0 Å². The Bertz CT molecular complexity index is 575. The van der Waals surface area contributed by atoms with Gasteiger partial charge in [-0.1, -0.05) is 20.8 Å². The van der Waals surface area contributed by atoms with Crippen molar-refractivity contribution in [2.45, 2.75) is 59.2 Å². The average Bonchev–Trinajstić information content (AvgIpc) is 3.17. The molecule has 2 fully saturated rings. The second-order valence-corrected chi connectivity index (χ2v) is 7.91. The fraction of sp³-hybridized carbons (Fsp3) is 0.765. The van der Waals surface area contributed by atoms with Gasteiger partial charge in [-0.25, -0.2) is 9.98 Å². The summed E-state index contributed by atoms with van der Waals surface area (Å²) in [6.45, 7) is 11.2. The van der Waals surface area contributed by atoms with E-state index in [1.54, 1.807) is 11.3 Å². The average molecular weight is 464 g/mol. The van der Waals surface area contributed by atoms with Crippen LogP contribution in [0.3, 0.4) is 0 Å². The molecular weight excluding hydrogens is 435 g/mol. The Kier molecular flexibility index (Phi) is 6.90. The Morgan fingerprint density at radius 1 is 1.46 bits per heavy atom. The summed E-state index contributed by atoms with van der Waals surface area (Å²) < 4.78 is 5.87. The van der Waals surface area contributed by atoms with E-state index in [1.165, 1.54) is 5.01 Å². The minimum Gasteiger partial charge on any atom is -0.377 e. The van der Waals surface area contributed by atoms with Crippen molar-refractivity contribution in [3.05, 3.63) is 16.1 Å². The predicted molar refractivity (Wildman–Crippen MR) is 110 cm³/mol. The lowest BCUT2D eigenvalue weighted by molar-refractivity contribution is -0.106. The zero-order chi connectivity index (χ0) is 16.4. The van der Waals surface area contributed by atoms with E-state index in [0.717, 1.165) is 37.6 Å². The van der Waals surface area contributed by atoms with Crippen LogP contribution in [0.25, 0.3) is 0 Å². The molecule has 1 aromatic heterocycles. The van der Waals surface area contributed by atoms with Crippen LogP contribution in [0.1, 0.15) is 44.8 Å². The Labute approximate surface area is 166 Å². The van der Waals surface area contributed by atoms with Crippen LogP contribution in [-0.2, 0) is 17.7 Å². The van der Waals surface area contributed by atoms with E-state index < -0.39 is 0 Å². The van der Waals surface area contributed by atoms with Gasteiger partial charge in [-0.2, -0.15) is 0 Å². The molecule has 7 heteroatoms. The summed E-state index contributed by atoms with van der Waals surface area (Å²) in [5, 5.41) is 10.3. The van der Waals surface area contributed by atoms with Gasteiger partial charge in [-0.3, -0.25) is 0 Å². The molecule has 2 heterocycles. The topological polar surface area (TPSA) is 58.5 Å². The first-order chi connectivity index (χ1) is 11.1. The highest BCUT2D eigenvalue weighted by atomic mass is 127. The number of thiazole rings is 1. The highest BCUT2D eigenvalue weighted by Crippen LogP contribution is 2.52. The molecule has 3 rings (SSSR count). The molecule has 2 aliphatic rings. The summed E-state index contributed by atoms with van der Waals surface area (Å²) >= 11 is 1.72. The highest BCUT2D eigenvalue weighted by molar-refractivity contribution is 14.0. The third-order valence-corrected chi connectivity index (χ3v) is 6.08. The molecule has 1 saturated heterocycles. The number of nitrogens with zero attached hydrogens (tertiary/aromatic N) is 2. The van der Waals surface area contributed by atoms with Crippen molar-refractivity contribution in [3.8, 4) is 0 Å². The zero-order valence-electron chi connectivity index (χ0n) is 15.0. The van der Waals surface area contributed by atoms with Gasteiger partial charge in [-0.15, -0.1) is 35.3 Å². The molecule has 1 saturated carbocycles. The summed E-state index contributed by atoms with van der Waals surface area (Å²) in [6.07, 6.45) is 2.54. The third kappa shape index (κ3) is 3.88. The predicted octanol–water partition coefficient (Wildman–Crippen LogP) is 3.19.